The first-order chi connectivity index (χ1) is 6.94. The Labute approximate surface area is 103 Å². The average molecular weight is 264 g/mol. The van der Waals surface area contributed by atoms with Gasteiger partial charge in [-0.15, -0.1) is 0 Å². The number of hydrogen-bond acceptors (Lipinski definition) is 3. The van der Waals surface area contributed by atoms with Crippen LogP contribution < -0.4 is 10.5 Å². The zero-order valence-corrected chi connectivity index (χ0v) is 12.0. The lowest BCUT2D eigenvalue weighted by Gasteiger charge is -2.13. The van der Waals surface area contributed by atoms with Gasteiger partial charge in [-0.25, -0.2) is 13.1 Å². The average Bonchev–Trinajstić information content (AvgIpc) is 2.46. The van der Waals surface area contributed by atoms with E-state index in [2.05, 4.69) is 4.72 Å². The van der Waals surface area contributed by atoms with Gasteiger partial charge in [0.25, 0.3) is 0 Å². The van der Waals surface area contributed by atoms with E-state index in [1.807, 2.05) is 27.7 Å². The van der Waals surface area contributed by atoms with Crippen molar-refractivity contribution in [2.45, 2.75) is 45.9 Å². The molecule has 0 spiro atoms. The summed E-state index contributed by atoms with van der Waals surface area (Å²) >= 11 is 4.71. The third-order valence-electron chi connectivity index (χ3n) is 4.17. The largest absolute Gasteiger partial charge is 0.392 e. The van der Waals surface area contributed by atoms with Crippen molar-refractivity contribution in [1.82, 2.24) is 4.72 Å². The van der Waals surface area contributed by atoms with Crippen LogP contribution in [0.15, 0.2) is 0 Å². The Hall–Kier alpha value is -0.200. The van der Waals surface area contributed by atoms with Crippen LogP contribution in [0.2, 0.25) is 0 Å². The molecule has 0 bridgehead atoms. The third kappa shape index (κ3) is 1.98. The van der Waals surface area contributed by atoms with Gasteiger partial charge in [0.2, 0.25) is 10.0 Å². The van der Waals surface area contributed by atoms with Crippen LogP contribution in [0.3, 0.4) is 0 Å². The van der Waals surface area contributed by atoms with Crippen LogP contribution in [-0.4, -0.2) is 24.7 Å². The van der Waals surface area contributed by atoms with Gasteiger partial charge in [-0.3, -0.25) is 0 Å². The van der Waals surface area contributed by atoms with Crippen LogP contribution in [0.1, 0.15) is 34.6 Å². The summed E-state index contributed by atoms with van der Waals surface area (Å²) in [6.45, 7) is 9.70. The van der Waals surface area contributed by atoms with Gasteiger partial charge in [0.1, 0.15) is 5.25 Å². The molecule has 0 radical (unpaired) electrons. The minimum atomic E-state index is -3.45. The summed E-state index contributed by atoms with van der Waals surface area (Å²) < 4.78 is 26.5. The highest BCUT2D eigenvalue weighted by molar-refractivity contribution is 7.93. The van der Waals surface area contributed by atoms with Crippen LogP contribution in [-0.2, 0) is 10.0 Å². The monoisotopic (exact) mass is 264 g/mol. The number of nitrogens with one attached hydrogen (secondary N) is 1. The lowest BCUT2D eigenvalue weighted by molar-refractivity contribution is 0.457. The summed E-state index contributed by atoms with van der Waals surface area (Å²) in [5.41, 5.74) is 5.30. The molecular formula is C10H20N2O2S2. The van der Waals surface area contributed by atoms with E-state index in [0.29, 0.717) is 0 Å². The van der Waals surface area contributed by atoms with Gasteiger partial charge in [0.15, 0.2) is 0 Å². The molecule has 3 N–H and O–H groups in total. The standard InChI is InChI=1S/C10H20N2O2S2/c1-6(7(11)15)16(13,14)12-8-9(2,3)10(8,4)5/h6,8,12H,1-5H3,(H2,11,15). The molecule has 1 rings (SSSR count). The number of hydrogen-bond donors (Lipinski definition) is 2. The maximum Gasteiger partial charge on any atom is 0.221 e. The van der Waals surface area contributed by atoms with Crippen LogP contribution >= 0.6 is 12.2 Å². The van der Waals surface area contributed by atoms with Crippen molar-refractivity contribution < 1.29 is 8.42 Å². The molecule has 1 unspecified atom stereocenters. The molecule has 1 aliphatic carbocycles. The van der Waals surface area contributed by atoms with E-state index in [4.69, 9.17) is 18.0 Å². The van der Waals surface area contributed by atoms with Gasteiger partial charge in [-0.2, -0.15) is 0 Å². The summed E-state index contributed by atoms with van der Waals surface area (Å²) in [5, 5.41) is -0.824. The molecule has 0 saturated heterocycles. The van der Waals surface area contributed by atoms with Gasteiger partial charge in [-0.1, -0.05) is 39.9 Å². The third-order valence-corrected chi connectivity index (χ3v) is 6.42. The Kier molecular flexibility index (Phi) is 3.16. The highest BCUT2D eigenvalue weighted by Crippen LogP contribution is 2.62. The molecule has 0 amide bonds. The number of rotatable bonds is 4. The first kappa shape index (κ1) is 13.9. The van der Waals surface area contributed by atoms with Gasteiger partial charge in [0, 0.05) is 6.04 Å². The maximum atomic E-state index is 11.9. The summed E-state index contributed by atoms with van der Waals surface area (Å²) in [6.07, 6.45) is 0. The van der Waals surface area contributed by atoms with Crippen molar-refractivity contribution in [2.24, 2.45) is 16.6 Å². The molecule has 94 valence electrons. The lowest BCUT2D eigenvalue weighted by atomic mass is 10.0. The van der Waals surface area contributed by atoms with Crippen LogP contribution in [0.5, 0.6) is 0 Å². The molecule has 0 aromatic heterocycles. The number of thiocarbonyl (C=S) groups is 1. The fourth-order valence-corrected chi connectivity index (χ4v) is 3.72. The summed E-state index contributed by atoms with van der Waals surface area (Å²) in [4.78, 5) is 0.00348. The fourth-order valence-electron chi connectivity index (χ4n) is 1.91. The van der Waals surface area contributed by atoms with E-state index in [1.165, 1.54) is 6.92 Å². The molecular weight excluding hydrogens is 244 g/mol. The number of nitrogens with two attached hydrogens (primary N) is 1. The zero-order chi connectivity index (χ0) is 12.9. The lowest BCUT2D eigenvalue weighted by Crippen LogP contribution is -2.42. The molecule has 1 saturated carbocycles. The van der Waals surface area contributed by atoms with Crippen molar-refractivity contribution in [3.05, 3.63) is 0 Å². The predicted molar refractivity (Wildman–Crippen MR) is 69.7 cm³/mol. The molecule has 16 heavy (non-hydrogen) atoms. The van der Waals surface area contributed by atoms with E-state index in [0.717, 1.165) is 0 Å². The van der Waals surface area contributed by atoms with Crippen LogP contribution in [0.25, 0.3) is 0 Å². The Morgan fingerprint density at radius 3 is 1.94 bits per heavy atom. The molecule has 0 heterocycles. The van der Waals surface area contributed by atoms with Gasteiger partial charge >= 0.3 is 0 Å². The molecule has 0 aromatic carbocycles. The topological polar surface area (TPSA) is 72.2 Å². The highest BCUT2D eigenvalue weighted by Gasteiger charge is 2.66. The summed E-state index contributed by atoms with van der Waals surface area (Å²) in [5.74, 6) is 0. The quantitative estimate of drug-likeness (QED) is 0.744. The Morgan fingerprint density at radius 1 is 1.31 bits per heavy atom. The Bertz CT molecular complexity index is 399. The van der Waals surface area contributed by atoms with E-state index in [1.54, 1.807) is 0 Å². The SMILES string of the molecule is CC(C(N)=S)S(=O)(=O)NC1C(C)(C)C1(C)C. The highest BCUT2D eigenvalue weighted by atomic mass is 32.2. The molecule has 0 aliphatic heterocycles. The molecule has 4 nitrogen and oxygen atoms in total. The molecule has 1 fully saturated rings. The summed E-state index contributed by atoms with van der Waals surface area (Å²) in [7, 11) is -3.45. The minimum Gasteiger partial charge on any atom is -0.392 e. The van der Waals surface area contributed by atoms with Crippen LogP contribution in [0.4, 0.5) is 0 Å². The molecule has 6 heteroatoms. The van der Waals surface area contributed by atoms with Crippen molar-refractivity contribution >= 4 is 27.2 Å². The van der Waals surface area contributed by atoms with E-state index in [-0.39, 0.29) is 21.9 Å². The van der Waals surface area contributed by atoms with E-state index in [9.17, 15) is 8.42 Å². The van der Waals surface area contributed by atoms with Gasteiger partial charge in [-0.05, 0) is 17.8 Å². The van der Waals surface area contributed by atoms with Crippen molar-refractivity contribution in [3.8, 4) is 0 Å². The molecule has 1 aliphatic rings. The molecule has 0 aromatic rings. The predicted octanol–water partition coefficient (Wildman–Crippen LogP) is 1.01. The second-order valence-electron chi connectivity index (χ2n) is 5.58. The first-order valence-electron chi connectivity index (χ1n) is 5.25. The fraction of sp³-hybridized carbons (Fsp3) is 0.900. The van der Waals surface area contributed by atoms with Gasteiger partial charge < -0.3 is 5.73 Å². The summed E-state index contributed by atoms with van der Waals surface area (Å²) in [6, 6.07) is -0.0539. The van der Waals surface area contributed by atoms with Crippen molar-refractivity contribution in [2.75, 3.05) is 0 Å². The number of sulfonamides is 1. The van der Waals surface area contributed by atoms with Gasteiger partial charge in [0.05, 0.1) is 4.99 Å². The smallest absolute Gasteiger partial charge is 0.221 e. The van der Waals surface area contributed by atoms with Crippen molar-refractivity contribution in [1.29, 1.82) is 0 Å². The van der Waals surface area contributed by atoms with Crippen LogP contribution in [0, 0.1) is 10.8 Å². The van der Waals surface area contributed by atoms with Crippen molar-refractivity contribution in [3.63, 3.8) is 0 Å². The van der Waals surface area contributed by atoms with E-state index >= 15 is 0 Å². The minimum absolute atomic E-state index is 0.00348. The Balaban J connectivity index is 2.82. The normalized spacial score (nSPS) is 25.1. The molecule has 1 atom stereocenters. The first-order valence-corrected chi connectivity index (χ1v) is 7.20. The second kappa shape index (κ2) is 3.65. The maximum absolute atomic E-state index is 11.9. The zero-order valence-electron chi connectivity index (χ0n) is 10.4. The Morgan fingerprint density at radius 2 is 1.69 bits per heavy atom. The second-order valence-corrected chi connectivity index (χ2v) is 8.09. The van der Waals surface area contributed by atoms with E-state index < -0.39 is 15.3 Å².